The highest BCUT2D eigenvalue weighted by molar-refractivity contribution is 8.18. The van der Waals surface area contributed by atoms with Crippen LogP contribution in [0.25, 0.3) is 6.08 Å². The Kier molecular flexibility index (Phi) is 6.18. The van der Waals surface area contributed by atoms with Gasteiger partial charge in [0.2, 0.25) is 5.91 Å². The smallest absolute Gasteiger partial charge is 0.294 e. The fourth-order valence-electron chi connectivity index (χ4n) is 4.47. The van der Waals surface area contributed by atoms with Gasteiger partial charge in [-0.3, -0.25) is 19.3 Å². The van der Waals surface area contributed by atoms with Gasteiger partial charge in [-0.2, -0.15) is 0 Å². The van der Waals surface area contributed by atoms with E-state index in [4.69, 9.17) is 0 Å². The molecule has 0 saturated carbocycles. The van der Waals surface area contributed by atoms with E-state index in [9.17, 15) is 14.4 Å². The number of benzene rings is 1. The summed E-state index contributed by atoms with van der Waals surface area (Å²) >= 11 is 0.922. The summed E-state index contributed by atoms with van der Waals surface area (Å²) in [5.74, 6) is -0.511. The molecule has 3 amide bonds. The number of anilines is 1. The highest BCUT2D eigenvalue weighted by Crippen LogP contribution is 2.33. The normalized spacial score (nSPS) is 23.7. The van der Waals surface area contributed by atoms with E-state index in [-0.39, 0.29) is 29.6 Å². The Balaban J connectivity index is 1.46. The molecule has 4 rings (SSSR count). The van der Waals surface area contributed by atoms with Gasteiger partial charge in [-0.15, -0.1) is 0 Å². The maximum atomic E-state index is 12.8. The Morgan fingerprint density at radius 1 is 1.13 bits per heavy atom. The maximum Gasteiger partial charge on any atom is 0.294 e. The van der Waals surface area contributed by atoms with Gasteiger partial charge in [0.1, 0.15) is 6.54 Å². The highest BCUT2D eigenvalue weighted by atomic mass is 32.2. The van der Waals surface area contributed by atoms with Crippen LogP contribution in [0.2, 0.25) is 0 Å². The zero-order chi connectivity index (χ0) is 21.3. The fraction of sp³-hybridized carbons (Fsp3) is 0.522. The number of piperidine rings is 1. The molecule has 0 aromatic heterocycles. The van der Waals surface area contributed by atoms with Gasteiger partial charge in [-0.05, 0) is 87.0 Å². The van der Waals surface area contributed by atoms with Crippen molar-refractivity contribution < 1.29 is 14.4 Å². The predicted octanol–water partition coefficient (Wildman–Crippen LogP) is 4.03. The zero-order valence-electron chi connectivity index (χ0n) is 17.7. The molecule has 0 spiro atoms. The number of carbonyl (C=O) groups is 3. The lowest BCUT2D eigenvalue weighted by Gasteiger charge is -2.34. The van der Waals surface area contributed by atoms with E-state index in [0.717, 1.165) is 60.1 Å². The second kappa shape index (κ2) is 8.84. The molecule has 6 nitrogen and oxygen atoms in total. The van der Waals surface area contributed by atoms with Gasteiger partial charge in [-0.25, -0.2) is 0 Å². The maximum absolute atomic E-state index is 12.8. The van der Waals surface area contributed by atoms with Crippen LogP contribution in [0.3, 0.4) is 0 Å². The molecule has 7 heteroatoms. The van der Waals surface area contributed by atoms with E-state index in [1.807, 2.05) is 19.9 Å². The van der Waals surface area contributed by atoms with E-state index in [1.165, 1.54) is 18.5 Å². The molecule has 3 fully saturated rings. The van der Waals surface area contributed by atoms with E-state index in [1.54, 1.807) is 11.0 Å². The average molecular weight is 428 g/mol. The van der Waals surface area contributed by atoms with E-state index in [2.05, 4.69) is 17.0 Å². The summed E-state index contributed by atoms with van der Waals surface area (Å²) in [7, 11) is 0. The monoisotopic (exact) mass is 427 g/mol. The van der Waals surface area contributed by atoms with Crippen LogP contribution in [-0.2, 0) is 9.59 Å². The van der Waals surface area contributed by atoms with Crippen molar-refractivity contribution in [1.29, 1.82) is 0 Å². The van der Waals surface area contributed by atoms with Crippen LogP contribution in [-0.4, -0.2) is 59.1 Å². The topological polar surface area (TPSA) is 60.9 Å². The van der Waals surface area contributed by atoms with E-state index >= 15 is 0 Å². The zero-order valence-corrected chi connectivity index (χ0v) is 18.5. The van der Waals surface area contributed by atoms with Gasteiger partial charge in [-0.1, -0.05) is 6.07 Å². The first-order valence-corrected chi connectivity index (χ1v) is 11.7. The van der Waals surface area contributed by atoms with Crippen molar-refractivity contribution in [3.63, 3.8) is 0 Å². The number of nitrogens with zero attached hydrogens (tertiary/aromatic N) is 3. The Labute approximate surface area is 182 Å². The van der Waals surface area contributed by atoms with Crippen LogP contribution in [0.5, 0.6) is 0 Å². The van der Waals surface area contributed by atoms with Gasteiger partial charge in [0.15, 0.2) is 0 Å². The molecule has 0 bridgehead atoms. The summed E-state index contributed by atoms with van der Waals surface area (Å²) < 4.78 is 0. The molecule has 3 saturated heterocycles. The number of imide groups is 1. The molecule has 0 radical (unpaired) electrons. The minimum absolute atomic E-state index is 0.142. The van der Waals surface area contributed by atoms with Crippen molar-refractivity contribution >= 4 is 40.6 Å². The van der Waals surface area contributed by atoms with Crippen LogP contribution in [0.4, 0.5) is 10.5 Å². The minimum Gasteiger partial charge on any atom is -0.372 e. The molecule has 1 aromatic carbocycles. The van der Waals surface area contributed by atoms with Gasteiger partial charge < -0.3 is 9.80 Å². The third-order valence-corrected chi connectivity index (χ3v) is 7.21. The SMILES string of the molecule is Cc1cc(N2CCCC2)ccc1/C=C1\SC(=O)N(CC(=O)N2CCCC[C@@H]2C)C1=O. The lowest BCUT2D eigenvalue weighted by molar-refractivity contribution is -0.138. The van der Waals surface area contributed by atoms with E-state index in [0.29, 0.717) is 11.4 Å². The van der Waals surface area contributed by atoms with E-state index < -0.39 is 0 Å². The molecule has 3 heterocycles. The van der Waals surface area contributed by atoms with Gasteiger partial charge in [0.05, 0.1) is 4.91 Å². The Morgan fingerprint density at radius 3 is 2.57 bits per heavy atom. The lowest BCUT2D eigenvalue weighted by Crippen LogP contribution is -2.47. The number of thioether (sulfide) groups is 1. The molecule has 1 aromatic rings. The number of likely N-dealkylation sites (tertiary alicyclic amines) is 1. The largest absolute Gasteiger partial charge is 0.372 e. The molecule has 30 heavy (non-hydrogen) atoms. The molecule has 0 unspecified atom stereocenters. The third kappa shape index (κ3) is 4.26. The number of aryl methyl sites for hydroxylation is 1. The number of carbonyl (C=O) groups excluding carboxylic acids is 3. The molecule has 0 aliphatic carbocycles. The van der Waals surface area contributed by atoms with Crippen molar-refractivity contribution in [3.8, 4) is 0 Å². The van der Waals surface area contributed by atoms with Crippen molar-refractivity contribution in [2.75, 3.05) is 31.1 Å². The lowest BCUT2D eigenvalue weighted by atomic mass is 10.0. The number of rotatable bonds is 4. The molecular formula is C23H29N3O3S. The third-order valence-electron chi connectivity index (χ3n) is 6.30. The molecule has 3 aliphatic rings. The van der Waals surface area contributed by atoms with Crippen LogP contribution in [0.15, 0.2) is 23.1 Å². The van der Waals surface area contributed by atoms with Crippen LogP contribution < -0.4 is 4.90 Å². The van der Waals surface area contributed by atoms with Crippen LogP contribution >= 0.6 is 11.8 Å². The molecular weight excluding hydrogens is 398 g/mol. The first-order chi connectivity index (χ1) is 14.4. The molecule has 3 aliphatic heterocycles. The molecule has 160 valence electrons. The Bertz CT molecular complexity index is 892. The summed E-state index contributed by atoms with van der Waals surface area (Å²) in [4.78, 5) is 43.6. The van der Waals surface area contributed by atoms with Crippen LogP contribution in [0.1, 0.15) is 50.2 Å². The standard InChI is InChI=1S/C23H29N3O3S/c1-16-13-19(24-10-5-6-11-24)9-8-18(16)14-20-22(28)26(23(29)30-20)15-21(27)25-12-4-3-7-17(25)2/h8-9,13-14,17H,3-7,10-12,15H2,1-2H3/b20-14-/t17-/m0/s1. The minimum atomic E-state index is -0.369. The van der Waals surface area contributed by atoms with Crippen LogP contribution in [0, 0.1) is 6.92 Å². The molecule has 1 atom stereocenters. The van der Waals surface area contributed by atoms with Gasteiger partial charge in [0, 0.05) is 31.4 Å². The first-order valence-electron chi connectivity index (χ1n) is 10.8. The summed E-state index contributed by atoms with van der Waals surface area (Å²) in [5.41, 5.74) is 3.21. The predicted molar refractivity (Wildman–Crippen MR) is 120 cm³/mol. The highest BCUT2D eigenvalue weighted by Gasteiger charge is 2.38. The summed E-state index contributed by atoms with van der Waals surface area (Å²) in [6.45, 7) is 6.76. The van der Waals surface area contributed by atoms with Crippen molar-refractivity contribution in [2.24, 2.45) is 0 Å². The van der Waals surface area contributed by atoms with Gasteiger partial charge >= 0.3 is 0 Å². The first kappa shape index (κ1) is 21.0. The summed E-state index contributed by atoms with van der Waals surface area (Å²) in [6, 6.07) is 6.40. The quantitative estimate of drug-likeness (QED) is 0.679. The second-order valence-electron chi connectivity index (χ2n) is 8.43. The Morgan fingerprint density at radius 2 is 1.87 bits per heavy atom. The second-order valence-corrected chi connectivity index (χ2v) is 9.43. The Hall–Kier alpha value is -2.28. The number of amides is 3. The number of hydrogen-bond acceptors (Lipinski definition) is 5. The number of hydrogen-bond donors (Lipinski definition) is 0. The van der Waals surface area contributed by atoms with Gasteiger partial charge in [0.25, 0.3) is 11.1 Å². The summed E-state index contributed by atoms with van der Waals surface area (Å²) in [6.07, 6.45) is 7.30. The molecule has 0 N–H and O–H groups in total. The van der Waals surface area contributed by atoms with Crippen molar-refractivity contribution in [1.82, 2.24) is 9.80 Å². The summed E-state index contributed by atoms with van der Waals surface area (Å²) in [5, 5.41) is -0.365. The van der Waals surface area contributed by atoms with Crippen molar-refractivity contribution in [2.45, 2.75) is 52.0 Å². The fourth-order valence-corrected chi connectivity index (χ4v) is 5.30. The average Bonchev–Trinajstić information content (AvgIpc) is 3.35. The van der Waals surface area contributed by atoms with Crippen molar-refractivity contribution in [3.05, 3.63) is 34.2 Å².